The Hall–Kier alpha value is -3.39. The van der Waals surface area contributed by atoms with Crippen LogP contribution in [-0.2, 0) is 6.54 Å². The summed E-state index contributed by atoms with van der Waals surface area (Å²) in [5, 5.41) is 1.31. The van der Waals surface area contributed by atoms with Crippen molar-refractivity contribution in [2.75, 3.05) is 11.4 Å². The fourth-order valence-corrected chi connectivity index (χ4v) is 4.41. The molecule has 2 nitrogen and oxygen atoms in total. The minimum Gasteiger partial charge on any atom is -0.348 e. The normalized spacial score (nSPS) is 15.1. The Balaban J connectivity index is 1.57. The number of rotatable bonds is 8. The van der Waals surface area contributed by atoms with Crippen molar-refractivity contribution in [1.82, 2.24) is 0 Å². The number of allylic oxidation sites excluding steroid dienone is 6. The molecule has 168 valence electrons. The Morgan fingerprint density at radius 3 is 2.64 bits per heavy atom. The van der Waals surface area contributed by atoms with Gasteiger partial charge in [-0.1, -0.05) is 73.6 Å². The maximum Gasteiger partial charge on any atom is 0.213 e. The maximum absolute atomic E-state index is 2.39. The zero-order valence-corrected chi connectivity index (χ0v) is 20.2. The Bertz CT molecular complexity index is 1230. The van der Waals surface area contributed by atoms with Crippen LogP contribution in [0.1, 0.15) is 51.2 Å². The first-order valence-corrected chi connectivity index (χ1v) is 12.2. The number of hydrogen-bond acceptors (Lipinski definition) is 1. The van der Waals surface area contributed by atoms with Crippen LogP contribution in [0.15, 0.2) is 96.9 Å². The number of hydrogen-bond donors (Lipinski definition) is 0. The molecule has 2 aromatic carbocycles. The van der Waals surface area contributed by atoms with Crippen LogP contribution in [0.4, 0.5) is 5.69 Å². The molecule has 0 atom stereocenters. The minimum atomic E-state index is 0.974. The summed E-state index contributed by atoms with van der Waals surface area (Å²) >= 11 is 0. The number of aryl methyl sites for hydroxylation is 1. The molecule has 0 saturated heterocycles. The fourth-order valence-electron chi connectivity index (χ4n) is 4.41. The summed E-state index contributed by atoms with van der Waals surface area (Å²) in [4.78, 5) is 2.29. The van der Waals surface area contributed by atoms with Crippen molar-refractivity contribution in [2.24, 2.45) is 0 Å². The van der Waals surface area contributed by atoms with Crippen LogP contribution in [-0.4, -0.2) is 6.54 Å². The van der Waals surface area contributed by atoms with E-state index in [1.165, 1.54) is 58.1 Å². The number of aromatic nitrogens is 1. The van der Waals surface area contributed by atoms with Crippen molar-refractivity contribution in [2.45, 2.75) is 46.6 Å². The summed E-state index contributed by atoms with van der Waals surface area (Å²) in [5.41, 5.74) is 7.62. The van der Waals surface area contributed by atoms with Crippen molar-refractivity contribution in [3.8, 4) is 0 Å². The lowest BCUT2D eigenvalue weighted by Crippen LogP contribution is -2.34. The van der Waals surface area contributed by atoms with Crippen LogP contribution >= 0.6 is 0 Å². The van der Waals surface area contributed by atoms with Crippen molar-refractivity contribution >= 4 is 28.2 Å². The molecule has 1 aliphatic heterocycles. The van der Waals surface area contributed by atoms with E-state index in [-0.39, 0.29) is 0 Å². The minimum absolute atomic E-state index is 0.974. The highest BCUT2D eigenvalue weighted by atomic mass is 15.1. The molecular weight excluding hydrogens is 400 g/mol. The molecule has 2 heterocycles. The van der Waals surface area contributed by atoms with Gasteiger partial charge in [-0.2, -0.15) is 4.57 Å². The quantitative estimate of drug-likeness (QED) is 0.200. The van der Waals surface area contributed by atoms with Crippen LogP contribution in [0.3, 0.4) is 0 Å². The number of unbranched alkanes of at least 4 members (excludes halogenated alkanes) is 2. The molecule has 33 heavy (non-hydrogen) atoms. The van der Waals surface area contributed by atoms with Crippen molar-refractivity contribution in [1.29, 1.82) is 0 Å². The first-order valence-electron chi connectivity index (χ1n) is 12.2. The number of nitrogens with zero attached hydrogens (tertiary/aromatic N) is 2. The summed E-state index contributed by atoms with van der Waals surface area (Å²) in [6, 6.07) is 19.6. The Morgan fingerprint density at radius 2 is 1.79 bits per heavy atom. The molecule has 0 radical (unpaired) electrons. The topological polar surface area (TPSA) is 7.12 Å². The zero-order valence-electron chi connectivity index (χ0n) is 20.2. The van der Waals surface area contributed by atoms with E-state index in [9.17, 15) is 0 Å². The van der Waals surface area contributed by atoms with Crippen LogP contribution < -0.4 is 9.47 Å². The number of fused-ring (bicyclic) bond motifs is 2. The molecule has 0 saturated carbocycles. The van der Waals surface area contributed by atoms with E-state index in [1.54, 1.807) is 0 Å². The smallest absolute Gasteiger partial charge is 0.213 e. The van der Waals surface area contributed by atoms with Gasteiger partial charge in [0, 0.05) is 42.5 Å². The van der Waals surface area contributed by atoms with Gasteiger partial charge in [-0.25, -0.2) is 0 Å². The van der Waals surface area contributed by atoms with E-state index in [0.717, 1.165) is 13.1 Å². The van der Waals surface area contributed by atoms with Gasteiger partial charge < -0.3 is 4.90 Å². The average Bonchev–Trinajstić information content (AvgIpc) is 2.86. The third-order valence-electron chi connectivity index (χ3n) is 6.31. The third-order valence-corrected chi connectivity index (χ3v) is 6.31. The number of pyridine rings is 1. The first kappa shape index (κ1) is 22.8. The van der Waals surface area contributed by atoms with E-state index >= 15 is 0 Å². The molecule has 3 aromatic rings. The molecule has 0 aliphatic carbocycles. The second-order valence-corrected chi connectivity index (χ2v) is 8.67. The predicted molar refractivity (Wildman–Crippen MR) is 143 cm³/mol. The monoisotopic (exact) mass is 435 g/mol. The highest BCUT2D eigenvalue weighted by molar-refractivity contribution is 5.87. The number of anilines is 1. The summed E-state index contributed by atoms with van der Waals surface area (Å²) in [5.74, 6) is 0. The molecule has 0 spiro atoms. The average molecular weight is 436 g/mol. The van der Waals surface area contributed by atoms with Gasteiger partial charge in [0.05, 0.1) is 5.39 Å². The second-order valence-electron chi connectivity index (χ2n) is 8.67. The molecule has 2 heteroatoms. The van der Waals surface area contributed by atoms with Crippen LogP contribution in [0, 0.1) is 0 Å². The van der Waals surface area contributed by atoms with Crippen LogP contribution in [0.2, 0.25) is 0 Å². The summed E-state index contributed by atoms with van der Waals surface area (Å²) in [6.45, 7) is 8.66. The molecule has 1 aliphatic rings. The van der Waals surface area contributed by atoms with E-state index in [2.05, 4.69) is 128 Å². The van der Waals surface area contributed by atoms with Crippen LogP contribution in [0.5, 0.6) is 0 Å². The first-order chi connectivity index (χ1) is 16.2. The molecule has 0 bridgehead atoms. The highest BCUT2D eigenvalue weighted by Crippen LogP contribution is 2.32. The van der Waals surface area contributed by atoms with Gasteiger partial charge in [0.15, 0.2) is 6.20 Å². The van der Waals surface area contributed by atoms with Gasteiger partial charge >= 0.3 is 0 Å². The molecule has 1 aromatic heterocycles. The predicted octanol–water partition coefficient (Wildman–Crippen LogP) is 7.71. The van der Waals surface area contributed by atoms with Gasteiger partial charge in [-0.05, 0) is 49.6 Å². The van der Waals surface area contributed by atoms with Gasteiger partial charge in [0.1, 0.15) is 6.54 Å². The Labute approximate surface area is 198 Å². The highest BCUT2D eigenvalue weighted by Gasteiger charge is 2.13. The number of para-hydroxylation sites is 2. The summed E-state index contributed by atoms with van der Waals surface area (Å²) in [6.07, 6.45) is 19.3. The molecule has 4 rings (SSSR count). The van der Waals surface area contributed by atoms with E-state index < -0.39 is 0 Å². The molecule has 0 unspecified atom stereocenters. The van der Waals surface area contributed by atoms with E-state index in [0.29, 0.717) is 0 Å². The van der Waals surface area contributed by atoms with Gasteiger partial charge in [-0.15, -0.1) is 0 Å². The summed E-state index contributed by atoms with van der Waals surface area (Å²) < 4.78 is 2.39. The number of benzene rings is 2. The van der Waals surface area contributed by atoms with E-state index in [4.69, 9.17) is 0 Å². The Kier molecular flexibility index (Phi) is 7.57. The van der Waals surface area contributed by atoms with Crippen molar-refractivity contribution in [3.05, 3.63) is 108 Å². The second kappa shape index (κ2) is 11.0. The van der Waals surface area contributed by atoms with Crippen molar-refractivity contribution < 1.29 is 4.57 Å². The van der Waals surface area contributed by atoms with E-state index in [1.807, 2.05) is 0 Å². The molecule has 0 amide bonds. The lowest BCUT2D eigenvalue weighted by molar-refractivity contribution is -0.671. The largest absolute Gasteiger partial charge is 0.348 e. The third kappa shape index (κ3) is 5.34. The molecule has 0 N–H and O–H groups in total. The van der Waals surface area contributed by atoms with Gasteiger partial charge in [0.2, 0.25) is 5.52 Å². The summed E-state index contributed by atoms with van der Waals surface area (Å²) in [7, 11) is 0. The maximum atomic E-state index is 2.39. The molecular formula is C31H35N2+. The standard InChI is InChI=1S/C31H35N2/c1-4-6-11-22-33-24-21-27(29-13-8-10-15-31(29)33)19-17-25(3)16-18-26-20-23-32(5-2)30-14-9-7-12-28(26)30/h7-10,12-21,23-24H,4-6,11,22H2,1-3H3/q+1. The fraction of sp³-hybridized carbons (Fsp3) is 0.258. The zero-order chi connectivity index (χ0) is 23.0. The Morgan fingerprint density at radius 1 is 0.970 bits per heavy atom. The lowest BCUT2D eigenvalue weighted by atomic mass is 9.99. The SMILES string of the molecule is CCCCC[n+]1ccc(/C=C/C(C)=C/C=C2/C=CN(CC)c3ccccc32)c2ccccc21. The lowest BCUT2D eigenvalue weighted by Gasteiger charge is -2.26. The van der Waals surface area contributed by atoms with Crippen molar-refractivity contribution in [3.63, 3.8) is 0 Å². The molecule has 0 fully saturated rings. The van der Waals surface area contributed by atoms with Gasteiger partial charge in [0.25, 0.3) is 0 Å². The van der Waals surface area contributed by atoms with Crippen LogP contribution in [0.25, 0.3) is 22.6 Å². The van der Waals surface area contributed by atoms with Gasteiger partial charge in [-0.3, -0.25) is 0 Å².